The summed E-state index contributed by atoms with van der Waals surface area (Å²) in [6.07, 6.45) is 0. The average Bonchev–Trinajstić information content (AvgIpc) is 0.710. The molecule has 0 spiro atoms. The summed E-state index contributed by atoms with van der Waals surface area (Å²) in [5.74, 6) is 0. The van der Waals surface area contributed by atoms with E-state index in [0.717, 1.165) is 73.1 Å². The van der Waals surface area contributed by atoms with Crippen LogP contribution in [0.4, 0.5) is 34.1 Å². The summed E-state index contributed by atoms with van der Waals surface area (Å²) >= 11 is 7.50. The van der Waals surface area contributed by atoms with Crippen molar-refractivity contribution in [1.82, 2.24) is 4.57 Å². The third kappa shape index (κ3) is 10.6. The van der Waals surface area contributed by atoms with E-state index in [9.17, 15) is 0 Å². The zero-order valence-electron chi connectivity index (χ0n) is 65.8. The molecule has 2 aliphatic rings. The Morgan fingerprint density at radius 1 is 0.180 bits per heavy atom. The first kappa shape index (κ1) is 69.5. The molecule has 3 nitrogen and oxygen atoms in total. The van der Waals surface area contributed by atoms with Gasteiger partial charge in [-0.25, -0.2) is 0 Å². The maximum absolute atomic E-state index is 2.62. The summed E-state index contributed by atoms with van der Waals surface area (Å²) in [5.41, 5.74) is 32.8. The minimum atomic E-state index is -0.290. The molecular weight excluding hydrogens is 1550 g/mol. The van der Waals surface area contributed by atoms with Crippen LogP contribution in [0, 0.1) is 0 Å². The Hall–Kier alpha value is -14.5. The molecule has 0 atom stereocenters. The SMILES string of the molecule is c1ccc(-c2cccc3sc4ccccc4c23)c(-c2ccc(N3c4ccc(-c5ccccc5-c5cccc6sc7ccccc7c56)cc4B4c5cc(-c6ccccc6-c6cccc7sc8ccccc8c67)ccc5N(c5ccc(-c6ccccc6-c6cccc7sc8ccccc8c67)cc5)c5cc(-n6c7ccccc7c7ccccc76)cc3c54)cc2)c1. The molecule has 7 heterocycles. The second-order valence-corrected chi connectivity index (χ2v) is 36.6. The van der Waals surface area contributed by atoms with E-state index in [1.807, 2.05) is 45.3 Å². The van der Waals surface area contributed by atoms with E-state index in [1.165, 1.54) is 175 Å². The number of fused-ring (bicyclic) bond motifs is 19. The first-order valence-electron chi connectivity index (χ1n) is 41.8. The molecule has 0 fully saturated rings. The second kappa shape index (κ2) is 27.5. The standard InChI is InChI=1S/C114H68BN3S4/c1-5-29-80(86-39-21-49-106-110(86)90-35-11-17-45-102(90)119-106)76(25-1)69-53-59-73(60-54-69)116-98-63-57-71(78-27-3-7-31-82(78)88-41-23-51-108-112(88)92-37-13-19-47-104(92)121-108)65-94(98)115-95-66-72(79-28-4-8-32-83(79)89-42-24-52-109-113(89)93-38-14-20-48-105(93)122-109)58-64-99(95)117(101-68-75(67-100(116)114(101)115)118-96-43-15-9-33-84(96)85-34-10-16-44-97(85)118)74-61-55-70(56-62-74)77-26-2-6-30-81(77)87-40-22-50-107-111(87)91-36-12-18-46-103(91)120-107/h1-68H. The van der Waals surface area contributed by atoms with Gasteiger partial charge in [-0.3, -0.25) is 0 Å². The van der Waals surface area contributed by atoms with Crippen molar-refractivity contribution in [1.29, 1.82) is 0 Å². The van der Waals surface area contributed by atoms with Crippen LogP contribution in [0.5, 0.6) is 0 Å². The minimum absolute atomic E-state index is 0.290. The molecule has 0 saturated heterocycles. The van der Waals surface area contributed by atoms with Gasteiger partial charge < -0.3 is 14.4 Å². The summed E-state index contributed by atoms with van der Waals surface area (Å²) < 4.78 is 12.9. The summed E-state index contributed by atoms with van der Waals surface area (Å²) in [4.78, 5) is 5.24. The zero-order chi connectivity index (χ0) is 79.8. The van der Waals surface area contributed by atoms with Crippen LogP contribution in [0.2, 0.25) is 0 Å². The Balaban J connectivity index is 0.739. The molecule has 566 valence electrons. The first-order chi connectivity index (χ1) is 60.5. The summed E-state index contributed by atoms with van der Waals surface area (Å²) in [5, 5.41) is 12.8. The first-order valence-corrected chi connectivity index (χ1v) is 45.1. The van der Waals surface area contributed by atoms with Crippen LogP contribution in [-0.4, -0.2) is 11.3 Å². The van der Waals surface area contributed by atoms with Crippen LogP contribution in [0.1, 0.15) is 0 Å². The topological polar surface area (TPSA) is 11.4 Å². The molecule has 5 aromatic heterocycles. The summed E-state index contributed by atoms with van der Waals surface area (Å²) in [6.45, 7) is -0.290. The molecule has 0 unspecified atom stereocenters. The average molecular weight is 1620 g/mol. The molecule has 0 N–H and O–H groups in total. The predicted octanol–water partition coefficient (Wildman–Crippen LogP) is 31.7. The lowest BCUT2D eigenvalue weighted by molar-refractivity contribution is 1.16. The van der Waals surface area contributed by atoms with Gasteiger partial charge in [0.15, 0.2) is 0 Å². The van der Waals surface area contributed by atoms with Crippen LogP contribution < -0.4 is 26.2 Å². The fourth-order valence-electron chi connectivity index (χ4n) is 20.7. The maximum atomic E-state index is 2.62. The van der Waals surface area contributed by atoms with Gasteiger partial charge in [-0.15, -0.1) is 45.3 Å². The highest BCUT2D eigenvalue weighted by Crippen LogP contribution is 2.53. The van der Waals surface area contributed by atoms with Crippen LogP contribution in [-0.2, 0) is 0 Å². The number of benzene rings is 19. The van der Waals surface area contributed by atoms with Crippen molar-refractivity contribution in [2.75, 3.05) is 9.80 Å². The highest BCUT2D eigenvalue weighted by Gasteiger charge is 2.45. The molecule has 8 heteroatoms. The fraction of sp³-hybridized carbons (Fsp3) is 0. The van der Waals surface area contributed by atoms with Gasteiger partial charge in [-0.1, -0.05) is 303 Å². The highest BCUT2D eigenvalue weighted by molar-refractivity contribution is 7.27. The monoisotopic (exact) mass is 1620 g/mol. The quantitative estimate of drug-likeness (QED) is 0.120. The molecule has 122 heavy (non-hydrogen) atoms. The van der Waals surface area contributed by atoms with Gasteiger partial charge in [0.25, 0.3) is 6.71 Å². The van der Waals surface area contributed by atoms with Crippen molar-refractivity contribution in [2.45, 2.75) is 0 Å². The molecule has 26 rings (SSSR count). The minimum Gasteiger partial charge on any atom is -0.311 e. The van der Waals surface area contributed by atoms with Crippen molar-refractivity contribution >= 4 is 205 Å². The van der Waals surface area contributed by atoms with E-state index < -0.39 is 0 Å². The van der Waals surface area contributed by atoms with Crippen molar-refractivity contribution in [3.05, 3.63) is 413 Å². The van der Waals surface area contributed by atoms with Crippen molar-refractivity contribution in [3.63, 3.8) is 0 Å². The van der Waals surface area contributed by atoms with Gasteiger partial charge >= 0.3 is 0 Å². The number of thiophene rings is 4. The van der Waals surface area contributed by atoms with Gasteiger partial charge in [0.1, 0.15) is 0 Å². The van der Waals surface area contributed by atoms with Gasteiger partial charge in [-0.05, 0) is 215 Å². The molecule has 0 radical (unpaired) electrons. The smallest absolute Gasteiger partial charge is 0.252 e. The number of aromatic nitrogens is 1. The Bertz CT molecular complexity index is 8020. The van der Waals surface area contributed by atoms with E-state index in [2.05, 4.69) is 427 Å². The van der Waals surface area contributed by atoms with Gasteiger partial charge in [0.05, 0.1) is 16.7 Å². The number of hydrogen-bond donors (Lipinski definition) is 0. The lowest BCUT2D eigenvalue weighted by Gasteiger charge is -2.45. The number of para-hydroxylation sites is 2. The normalized spacial score (nSPS) is 12.5. The van der Waals surface area contributed by atoms with Crippen molar-refractivity contribution < 1.29 is 0 Å². The number of rotatable bonds is 11. The largest absolute Gasteiger partial charge is 0.311 e. The number of hydrogen-bond acceptors (Lipinski definition) is 6. The van der Waals surface area contributed by atoms with Crippen LogP contribution in [0.3, 0.4) is 0 Å². The Labute approximate surface area is 720 Å². The van der Waals surface area contributed by atoms with E-state index in [1.54, 1.807) is 0 Å². The van der Waals surface area contributed by atoms with E-state index in [0.29, 0.717) is 0 Å². The zero-order valence-corrected chi connectivity index (χ0v) is 69.1. The Morgan fingerprint density at radius 3 is 0.779 bits per heavy atom. The van der Waals surface area contributed by atoms with E-state index in [-0.39, 0.29) is 6.71 Å². The van der Waals surface area contributed by atoms with Gasteiger partial charge in [-0.2, -0.15) is 0 Å². The Kier molecular flexibility index (Phi) is 15.7. The predicted molar refractivity (Wildman–Crippen MR) is 530 cm³/mol. The fourth-order valence-corrected chi connectivity index (χ4v) is 25.2. The summed E-state index contributed by atoms with van der Waals surface area (Å²) in [7, 11) is 0. The third-order valence-electron chi connectivity index (χ3n) is 25.9. The lowest BCUT2D eigenvalue weighted by Crippen LogP contribution is -2.61. The molecule has 19 aromatic carbocycles. The van der Waals surface area contributed by atoms with E-state index >= 15 is 0 Å². The molecule has 24 aromatic rings. The van der Waals surface area contributed by atoms with Gasteiger partial charge in [0.2, 0.25) is 0 Å². The molecular formula is C114H68BN3S4. The maximum Gasteiger partial charge on any atom is 0.252 e. The number of nitrogens with zero attached hydrogens (tertiary/aromatic N) is 3. The molecule has 2 aliphatic heterocycles. The molecule has 0 saturated carbocycles. The highest BCUT2D eigenvalue weighted by atomic mass is 32.1. The van der Waals surface area contributed by atoms with Crippen LogP contribution >= 0.6 is 45.3 Å². The third-order valence-corrected chi connectivity index (χ3v) is 30.4. The molecule has 0 aliphatic carbocycles. The van der Waals surface area contributed by atoms with Crippen molar-refractivity contribution in [3.8, 4) is 94.7 Å². The van der Waals surface area contributed by atoms with Crippen LogP contribution in [0.15, 0.2) is 413 Å². The lowest BCUT2D eigenvalue weighted by atomic mass is 9.33. The summed E-state index contributed by atoms with van der Waals surface area (Å²) in [6, 6.07) is 156. The molecule has 0 bridgehead atoms. The number of anilines is 6. The van der Waals surface area contributed by atoms with Gasteiger partial charge in [0, 0.05) is 126 Å². The van der Waals surface area contributed by atoms with E-state index in [4.69, 9.17) is 0 Å². The second-order valence-electron chi connectivity index (χ2n) is 32.3. The Morgan fingerprint density at radius 2 is 0.443 bits per heavy atom. The van der Waals surface area contributed by atoms with Crippen molar-refractivity contribution in [2.24, 2.45) is 0 Å². The molecule has 0 amide bonds. The van der Waals surface area contributed by atoms with Crippen LogP contribution in [0.25, 0.3) is 197 Å².